The van der Waals surface area contributed by atoms with Crippen molar-refractivity contribution in [3.05, 3.63) is 95.4 Å². The molecule has 110 valence electrons. The molecule has 0 aliphatic rings. The van der Waals surface area contributed by atoms with Gasteiger partial charge in [0.05, 0.1) is 6.85 Å². The van der Waals surface area contributed by atoms with E-state index in [-0.39, 0.29) is 29.1 Å². The highest BCUT2D eigenvalue weighted by atomic mass is 16.3. The van der Waals surface area contributed by atoms with Gasteiger partial charge < -0.3 is 10.2 Å². The molecule has 3 rings (SSSR count). The third-order valence-corrected chi connectivity index (χ3v) is 3.89. The number of rotatable bonds is 3. The van der Waals surface area contributed by atoms with Crippen molar-refractivity contribution < 1.29 is 17.1 Å². The Morgan fingerprint density at radius 1 is 0.682 bits per heavy atom. The maximum Gasteiger partial charge on any atom is 0.115 e. The summed E-state index contributed by atoms with van der Waals surface area (Å²) in [5.74, 6) is 0.126. The van der Waals surface area contributed by atoms with Gasteiger partial charge in [0, 0.05) is 5.41 Å². The van der Waals surface area contributed by atoms with Gasteiger partial charge in [-0.3, -0.25) is 0 Å². The van der Waals surface area contributed by atoms with Crippen molar-refractivity contribution in [1.29, 1.82) is 0 Å². The van der Waals surface area contributed by atoms with Gasteiger partial charge in [-0.2, -0.15) is 0 Å². The van der Waals surface area contributed by atoms with Crippen LogP contribution in [-0.4, -0.2) is 10.2 Å². The molecule has 0 aliphatic carbocycles. The molecule has 0 heterocycles. The molecule has 0 radical (unpaired) electrons. The van der Waals surface area contributed by atoms with E-state index in [1.54, 1.807) is 31.2 Å². The Bertz CT molecular complexity index is 924. The summed E-state index contributed by atoms with van der Waals surface area (Å²) >= 11 is 0. The highest BCUT2D eigenvalue weighted by Gasteiger charge is 2.30. The lowest BCUT2D eigenvalue weighted by Gasteiger charge is -2.32. The minimum absolute atomic E-state index is 0.0628. The second-order valence-corrected chi connectivity index (χ2v) is 5.22. The molecule has 2 heteroatoms. The van der Waals surface area contributed by atoms with Crippen LogP contribution in [0.4, 0.5) is 0 Å². The van der Waals surface area contributed by atoms with Crippen molar-refractivity contribution in [2.45, 2.75) is 12.3 Å². The van der Waals surface area contributed by atoms with Gasteiger partial charge in [0.15, 0.2) is 0 Å². The first kappa shape index (κ1) is 9.31. The lowest BCUT2D eigenvalue weighted by Crippen LogP contribution is -2.25. The molecule has 2 N–H and O–H groups in total. The van der Waals surface area contributed by atoms with Crippen LogP contribution in [0.15, 0.2) is 78.7 Å². The number of phenols is 2. The highest BCUT2D eigenvalue weighted by Crippen LogP contribution is 2.39. The Kier molecular flexibility index (Phi) is 2.36. The topological polar surface area (TPSA) is 40.5 Å². The molecule has 0 bridgehead atoms. The molecule has 0 aliphatic heterocycles. The Morgan fingerprint density at radius 3 is 1.50 bits per heavy atom. The fourth-order valence-electron chi connectivity index (χ4n) is 2.54. The van der Waals surface area contributed by atoms with E-state index in [1.807, 2.05) is 0 Å². The first-order valence-electron chi connectivity index (χ1n) is 9.34. The van der Waals surface area contributed by atoms with Gasteiger partial charge in [-0.1, -0.05) is 54.5 Å². The molecule has 3 aromatic rings. The molecule has 2 nitrogen and oxygen atoms in total. The Balaban J connectivity index is 2.42. The maximum absolute atomic E-state index is 9.64. The molecular formula is C20H18O2. The summed E-state index contributed by atoms with van der Waals surface area (Å²) in [5.41, 5.74) is 0.313. The van der Waals surface area contributed by atoms with Gasteiger partial charge in [0.25, 0.3) is 0 Å². The van der Waals surface area contributed by atoms with Gasteiger partial charge >= 0.3 is 0 Å². The summed E-state index contributed by atoms with van der Waals surface area (Å²) in [6, 6.07) is 10.7. The third kappa shape index (κ3) is 2.44. The molecule has 0 spiro atoms. The van der Waals surface area contributed by atoms with Crippen LogP contribution in [0.2, 0.25) is 0 Å². The third-order valence-electron chi connectivity index (χ3n) is 3.89. The maximum atomic E-state index is 9.64. The summed E-state index contributed by atoms with van der Waals surface area (Å²) in [4.78, 5) is 0. The van der Waals surface area contributed by atoms with E-state index in [4.69, 9.17) is 6.85 Å². The molecule has 0 saturated heterocycles. The molecule has 0 aromatic heterocycles. The van der Waals surface area contributed by atoms with E-state index in [9.17, 15) is 10.2 Å². The summed E-state index contributed by atoms with van der Waals surface area (Å²) in [6.45, 7) is 1.76. The van der Waals surface area contributed by atoms with Crippen molar-refractivity contribution in [2.24, 2.45) is 0 Å². The Labute approximate surface area is 137 Å². The molecule has 0 fully saturated rings. The lowest BCUT2D eigenvalue weighted by atomic mass is 9.71. The normalized spacial score (nSPS) is 14.5. The summed E-state index contributed by atoms with van der Waals surface area (Å²) in [7, 11) is 0. The number of hydrogen-bond acceptors (Lipinski definition) is 2. The van der Waals surface area contributed by atoms with Gasteiger partial charge in [0.1, 0.15) is 11.5 Å². The summed E-state index contributed by atoms with van der Waals surface area (Å²) in [5, 5.41) is 19.3. The zero-order valence-electron chi connectivity index (χ0n) is 17.0. The Morgan fingerprint density at radius 2 is 1.09 bits per heavy atom. The molecule has 0 unspecified atom stereocenters. The van der Waals surface area contributed by atoms with E-state index in [0.717, 1.165) is 0 Å². The minimum atomic E-state index is -1.10. The van der Waals surface area contributed by atoms with Gasteiger partial charge in [-0.15, -0.1) is 0 Å². The van der Waals surface area contributed by atoms with Crippen molar-refractivity contribution in [3.63, 3.8) is 0 Å². The number of aromatic hydroxyl groups is 2. The Hall–Kier alpha value is -2.74. The van der Waals surface area contributed by atoms with E-state index in [2.05, 4.69) is 0 Å². The number of phenolic OH excluding ortho intramolecular Hbond substituents is 2. The van der Waals surface area contributed by atoms with Crippen molar-refractivity contribution in [1.82, 2.24) is 0 Å². The highest BCUT2D eigenvalue weighted by molar-refractivity contribution is 5.50. The van der Waals surface area contributed by atoms with Gasteiger partial charge in [-0.05, 0) is 47.9 Å². The largest absolute Gasteiger partial charge is 0.508 e. The van der Waals surface area contributed by atoms with Crippen molar-refractivity contribution in [3.8, 4) is 11.5 Å². The molecule has 0 saturated carbocycles. The van der Waals surface area contributed by atoms with Crippen LogP contribution >= 0.6 is 0 Å². The molecule has 0 amide bonds. The van der Waals surface area contributed by atoms with Crippen LogP contribution in [0.5, 0.6) is 11.5 Å². The second kappa shape index (κ2) is 5.57. The smallest absolute Gasteiger partial charge is 0.115 e. The fraction of sp³-hybridized carbons (Fsp3) is 0.100. The lowest BCUT2D eigenvalue weighted by molar-refractivity contribution is 0.474. The standard InChI is InChI=1S/C20H18O2/c1-20(15-5-3-2-4-6-15,16-7-11-18(21)12-8-16)17-9-13-19(22)14-10-17/h2-14,21-22H,1H3/i2D,3D,4D,5D,6D. The van der Waals surface area contributed by atoms with Crippen molar-refractivity contribution >= 4 is 0 Å². The molecule has 3 aromatic carbocycles. The van der Waals surface area contributed by atoms with E-state index >= 15 is 0 Å². The van der Waals surface area contributed by atoms with Gasteiger partial charge in [0.2, 0.25) is 0 Å². The van der Waals surface area contributed by atoms with Crippen LogP contribution < -0.4 is 0 Å². The predicted octanol–water partition coefficient (Wildman–Crippen LogP) is 4.45. The number of benzene rings is 3. The van der Waals surface area contributed by atoms with Crippen LogP contribution in [-0.2, 0) is 5.41 Å². The van der Waals surface area contributed by atoms with Crippen LogP contribution in [0.1, 0.15) is 30.5 Å². The number of hydrogen-bond donors (Lipinski definition) is 2. The first-order chi connectivity index (χ1) is 12.7. The van der Waals surface area contributed by atoms with E-state index in [0.29, 0.717) is 11.1 Å². The average molecular weight is 295 g/mol. The minimum Gasteiger partial charge on any atom is -0.508 e. The van der Waals surface area contributed by atoms with Crippen molar-refractivity contribution in [2.75, 3.05) is 0 Å². The molecule has 22 heavy (non-hydrogen) atoms. The first-order valence-corrected chi connectivity index (χ1v) is 6.84. The molecular weight excluding hydrogens is 272 g/mol. The summed E-state index contributed by atoms with van der Waals surface area (Å²) < 4.78 is 40.7. The SMILES string of the molecule is [2H]c1c([2H])c([2H])c(C(C)(c2ccc(O)cc2)c2ccc(O)cc2)c([2H])c1[2H]. The second-order valence-electron chi connectivity index (χ2n) is 5.22. The summed E-state index contributed by atoms with van der Waals surface area (Å²) in [6.07, 6.45) is 0. The van der Waals surface area contributed by atoms with Crippen LogP contribution in [0.25, 0.3) is 0 Å². The van der Waals surface area contributed by atoms with Crippen LogP contribution in [0.3, 0.4) is 0 Å². The van der Waals surface area contributed by atoms with Crippen LogP contribution in [0, 0.1) is 0 Å². The zero-order chi connectivity index (χ0) is 19.9. The monoisotopic (exact) mass is 295 g/mol. The molecule has 0 atom stereocenters. The van der Waals surface area contributed by atoms with E-state index < -0.39 is 23.5 Å². The average Bonchev–Trinajstić information content (AvgIpc) is 2.65. The quantitative estimate of drug-likeness (QED) is 0.701. The van der Waals surface area contributed by atoms with E-state index in [1.165, 1.54) is 24.3 Å². The van der Waals surface area contributed by atoms with Gasteiger partial charge in [-0.25, -0.2) is 0 Å². The zero-order valence-corrected chi connectivity index (χ0v) is 12.0. The fourth-order valence-corrected chi connectivity index (χ4v) is 2.54. The predicted molar refractivity (Wildman–Crippen MR) is 88.2 cm³/mol.